The van der Waals surface area contributed by atoms with Crippen molar-refractivity contribution < 1.29 is 13.2 Å². The Morgan fingerprint density at radius 1 is 1.56 bits per heavy atom. The van der Waals surface area contributed by atoms with Gasteiger partial charge in [-0.25, -0.2) is 8.42 Å². The van der Waals surface area contributed by atoms with Crippen LogP contribution in [-0.2, 0) is 9.84 Å². The largest absolute Gasteiger partial charge is 0.497 e. The second-order valence-corrected chi connectivity index (χ2v) is 5.83. The Bertz CT molecular complexity index is 582. The van der Waals surface area contributed by atoms with Gasteiger partial charge in [0.25, 0.3) is 0 Å². The molecule has 0 atom stereocenters. The van der Waals surface area contributed by atoms with Crippen molar-refractivity contribution in [2.45, 2.75) is 4.90 Å². The molecule has 1 aromatic carbocycles. The van der Waals surface area contributed by atoms with Crippen LogP contribution in [0, 0.1) is 0 Å². The summed E-state index contributed by atoms with van der Waals surface area (Å²) >= 11 is 4.57. The monoisotopic (exact) mass is 287 g/mol. The summed E-state index contributed by atoms with van der Waals surface area (Å²) in [5, 5.41) is 3.72. The van der Waals surface area contributed by atoms with E-state index in [2.05, 4.69) is 22.7 Å². The second-order valence-electron chi connectivity index (χ2n) is 3.41. The zero-order valence-electron chi connectivity index (χ0n) is 9.88. The minimum atomic E-state index is -3.38. The number of nitrogens with zero attached hydrogens (tertiary/aromatic N) is 1. The van der Waals surface area contributed by atoms with E-state index >= 15 is 0 Å². The molecule has 3 N–H and O–H groups in total. The number of hydrogen-bond acceptors (Lipinski definition) is 5. The number of sulfone groups is 1. The van der Waals surface area contributed by atoms with Gasteiger partial charge in [0, 0.05) is 11.8 Å². The lowest BCUT2D eigenvalue weighted by atomic mass is 10.2. The SMILES string of the molecule is COc1ccc(C=NNC(N)=S)c(S(C)(=O)=O)c1. The van der Waals surface area contributed by atoms with E-state index in [-0.39, 0.29) is 10.0 Å². The summed E-state index contributed by atoms with van der Waals surface area (Å²) in [5.41, 5.74) is 7.97. The van der Waals surface area contributed by atoms with Crippen LogP contribution in [0.1, 0.15) is 5.56 Å². The normalized spacial score (nSPS) is 11.4. The van der Waals surface area contributed by atoms with Gasteiger partial charge in [0.15, 0.2) is 14.9 Å². The van der Waals surface area contributed by atoms with Crippen LogP contribution < -0.4 is 15.9 Å². The molecule has 0 amide bonds. The number of rotatable bonds is 4. The van der Waals surface area contributed by atoms with Crippen LogP contribution in [0.2, 0.25) is 0 Å². The molecule has 0 radical (unpaired) electrons. The van der Waals surface area contributed by atoms with E-state index in [9.17, 15) is 8.42 Å². The Kier molecular flexibility index (Phi) is 4.62. The van der Waals surface area contributed by atoms with Crippen molar-refractivity contribution in [1.82, 2.24) is 5.43 Å². The first-order valence-corrected chi connectivity index (χ1v) is 7.11. The predicted molar refractivity (Wildman–Crippen MR) is 73.6 cm³/mol. The van der Waals surface area contributed by atoms with Crippen LogP contribution in [0.3, 0.4) is 0 Å². The number of nitrogens with two attached hydrogens (primary N) is 1. The van der Waals surface area contributed by atoms with E-state index in [0.29, 0.717) is 11.3 Å². The van der Waals surface area contributed by atoms with Gasteiger partial charge in [-0.05, 0) is 30.4 Å². The molecule has 0 aliphatic carbocycles. The van der Waals surface area contributed by atoms with E-state index < -0.39 is 9.84 Å². The molecule has 1 aromatic rings. The molecule has 0 saturated heterocycles. The summed E-state index contributed by atoms with van der Waals surface area (Å²) in [6, 6.07) is 4.65. The molecule has 0 spiro atoms. The van der Waals surface area contributed by atoms with Crippen LogP contribution in [0.25, 0.3) is 0 Å². The first-order valence-electron chi connectivity index (χ1n) is 4.81. The van der Waals surface area contributed by atoms with Gasteiger partial charge < -0.3 is 10.5 Å². The molecule has 1 rings (SSSR count). The minimum Gasteiger partial charge on any atom is -0.497 e. The zero-order chi connectivity index (χ0) is 13.8. The number of hydrazone groups is 1. The number of hydrogen-bond donors (Lipinski definition) is 2. The van der Waals surface area contributed by atoms with Crippen LogP contribution in [-0.4, -0.2) is 33.1 Å². The third-order valence-corrected chi connectivity index (χ3v) is 3.24. The fourth-order valence-electron chi connectivity index (χ4n) is 1.23. The number of methoxy groups -OCH3 is 1. The smallest absolute Gasteiger partial charge is 0.184 e. The van der Waals surface area contributed by atoms with E-state index in [0.717, 1.165) is 6.26 Å². The van der Waals surface area contributed by atoms with E-state index in [1.54, 1.807) is 12.1 Å². The van der Waals surface area contributed by atoms with E-state index in [4.69, 9.17) is 10.5 Å². The summed E-state index contributed by atoms with van der Waals surface area (Å²) in [6.07, 6.45) is 2.44. The van der Waals surface area contributed by atoms with Crippen LogP contribution >= 0.6 is 12.2 Å². The third-order valence-electron chi connectivity index (χ3n) is 2.00. The van der Waals surface area contributed by atoms with Crippen molar-refractivity contribution in [1.29, 1.82) is 0 Å². The average Bonchev–Trinajstić information content (AvgIpc) is 2.27. The zero-order valence-corrected chi connectivity index (χ0v) is 11.5. The molecule has 0 fully saturated rings. The van der Waals surface area contributed by atoms with Gasteiger partial charge in [-0.1, -0.05) is 0 Å². The van der Waals surface area contributed by atoms with Gasteiger partial charge in [0.05, 0.1) is 18.2 Å². The molecule has 18 heavy (non-hydrogen) atoms. The van der Waals surface area contributed by atoms with Crippen LogP contribution in [0.5, 0.6) is 5.75 Å². The van der Waals surface area contributed by atoms with Crippen molar-refractivity contribution in [3.8, 4) is 5.75 Å². The molecule has 0 heterocycles. The lowest BCUT2D eigenvalue weighted by Gasteiger charge is -2.06. The van der Waals surface area contributed by atoms with Gasteiger partial charge in [-0.3, -0.25) is 5.43 Å². The fraction of sp³-hybridized carbons (Fsp3) is 0.200. The Hall–Kier alpha value is -1.67. The Morgan fingerprint density at radius 2 is 2.22 bits per heavy atom. The summed E-state index contributed by atoms with van der Waals surface area (Å²) in [6.45, 7) is 0. The van der Waals surface area contributed by atoms with E-state index in [1.807, 2.05) is 0 Å². The summed E-state index contributed by atoms with van der Waals surface area (Å²) in [7, 11) is -1.92. The highest BCUT2D eigenvalue weighted by Crippen LogP contribution is 2.20. The van der Waals surface area contributed by atoms with Gasteiger partial charge in [-0.15, -0.1) is 0 Å². The molecule has 0 bridgehead atoms. The quantitative estimate of drug-likeness (QED) is 0.469. The molecule has 0 saturated carbocycles. The van der Waals surface area contributed by atoms with Crippen molar-refractivity contribution in [2.24, 2.45) is 10.8 Å². The number of ether oxygens (including phenoxy) is 1. The Labute approximate surface area is 111 Å². The highest BCUT2D eigenvalue weighted by molar-refractivity contribution is 7.90. The molecule has 0 aliphatic heterocycles. The maximum Gasteiger partial charge on any atom is 0.184 e. The van der Waals surface area contributed by atoms with Crippen molar-refractivity contribution in [2.75, 3.05) is 13.4 Å². The number of benzene rings is 1. The van der Waals surface area contributed by atoms with Crippen molar-refractivity contribution >= 4 is 33.4 Å². The predicted octanol–water partition coefficient (Wildman–Crippen LogP) is 0.266. The Balaban J connectivity index is 3.19. The highest BCUT2D eigenvalue weighted by Gasteiger charge is 2.13. The lowest BCUT2D eigenvalue weighted by Crippen LogP contribution is -2.24. The molecule has 98 valence electrons. The van der Waals surface area contributed by atoms with Gasteiger partial charge in [0.2, 0.25) is 0 Å². The fourth-order valence-corrected chi connectivity index (χ4v) is 2.17. The number of thiocarbonyl (C=S) groups is 1. The second kappa shape index (κ2) is 5.78. The van der Waals surface area contributed by atoms with E-state index in [1.165, 1.54) is 19.4 Å². The maximum atomic E-state index is 11.6. The molecule has 0 aliphatic rings. The molecule has 0 unspecified atom stereocenters. The average molecular weight is 287 g/mol. The third kappa shape index (κ3) is 3.97. The first-order chi connectivity index (χ1) is 8.34. The Morgan fingerprint density at radius 3 is 2.72 bits per heavy atom. The standard InChI is InChI=1S/C10H13N3O3S2/c1-16-8-4-3-7(6-12-13-10(11)17)9(5-8)18(2,14)15/h3-6H,1-2H3,(H3,11,13,17). The molecule has 6 nitrogen and oxygen atoms in total. The minimum absolute atomic E-state index is 0.000618. The maximum absolute atomic E-state index is 11.6. The highest BCUT2D eigenvalue weighted by atomic mass is 32.2. The molecular formula is C10H13N3O3S2. The summed E-state index contributed by atoms with van der Waals surface area (Å²) in [5.74, 6) is 0.454. The lowest BCUT2D eigenvalue weighted by molar-refractivity contribution is 0.413. The van der Waals surface area contributed by atoms with Crippen molar-refractivity contribution in [3.63, 3.8) is 0 Å². The van der Waals surface area contributed by atoms with Gasteiger partial charge >= 0.3 is 0 Å². The topological polar surface area (TPSA) is 93.8 Å². The number of nitrogens with one attached hydrogen (secondary N) is 1. The molecule has 0 aromatic heterocycles. The first kappa shape index (κ1) is 14.4. The van der Waals surface area contributed by atoms with Gasteiger partial charge in [0.1, 0.15) is 5.75 Å². The van der Waals surface area contributed by atoms with Crippen LogP contribution in [0.4, 0.5) is 0 Å². The molecular weight excluding hydrogens is 274 g/mol. The summed E-state index contributed by atoms with van der Waals surface area (Å²) in [4.78, 5) is 0.121. The van der Waals surface area contributed by atoms with Gasteiger partial charge in [-0.2, -0.15) is 5.10 Å². The van der Waals surface area contributed by atoms with Crippen molar-refractivity contribution in [3.05, 3.63) is 23.8 Å². The molecule has 8 heteroatoms. The van der Waals surface area contributed by atoms with Crippen LogP contribution in [0.15, 0.2) is 28.2 Å². The summed E-state index contributed by atoms with van der Waals surface area (Å²) < 4.78 is 28.2.